The molecule has 4 nitrogen and oxygen atoms in total. The maximum atomic E-state index is 10.7. The van der Waals surface area contributed by atoms with Crippen molar-refractivity contribution in [3.05, 3.63) is 12.7 Å². The summed E-state index contributed by atoms with van der Waals surface area (Å²) in [6.07, 6.45) is -0.273. The van der Waals surface area contributed by atoms with Gasteiger partial charge in [0.2, 0.25) is 0 Å². The van der Waals surface area contributed by atoms with Crippen LogP contribution in [0.15, 0.2) is 12.7 Å². The molecule has 2 unspecified atom stereocenters. The summed E-state index contributed by atoms with van der Waals surface area (Å²) < 4.78 is 4.93. The van der Waals surface area contributed by atoms with Crippen molar-refractivity contribution in [2.24, 2.45) is 0 Å². The lowest BCUT2D eigenvalue weighted by Gasteiger charge is -2.12. The molecule has 0 bridgehead atoms. The zero-order valence-electron chi connectivity index (χ0n) is 7.06. The largest absolute Gasteiger partial charge is 0.394 e. The maximum Gasteiger partial charge on any atom is 0.162 e. The minimum Gasteiger partial charge on any atom is -0.394 e. The van der Waals surface area contributed by atoms with E-state index in [0.29, 0.717) is 0 Å². The number of aliphatic hydroxyl groups excluding tert-OH is 2. The van der Waals surface area contributed by atoms with E-state index in [1.807, 2.05) is 0 Å². The van der Waals surface area contributed by atoms with Crippen LogP contribution in [0.3, 0.4) is 0 Å². The van der Waals surface area contributed by atoms with E-state index < -0.39 is 12.2 Å². The molecule has 0 amide bonds. The molecular weight excluding hydrogens is 160 g/mol. The van der Waals surface area contributed by atoms with Crippen LogP contribution in [0.2, 0.25) is 0 Å². The lowest BCUT2D eigenvalue weighted by Crippen LogP contribution is -2.26. The molecule has 0 saturated carbocycles. The summed E-state index contributed by atoms with van der Waals surface area (Å²) in [6.45, 7) is 4.33. The highest BCUT2D eigenvalue weighted by atomic mass is 16.5. The zero-order chi connectivity index (χ0) is 9.56. The first-order chi connectivity index (χ1) is 5.61. The lowest BCUT2D eigenvalue weighted by molar-refractivity contribution is -0.127. The van der Waals surface area contributed by atoms with Crippen LogP contribution in [-0.4, -0.2) is 41.4 Å². The Labute approximate surface area is 71.5 Å². The molecule has 0 rings (SSSR count). The molecule has 12 heavy (non-hydrogen) atoms. The van der Waals surface area contributed by atoms with Crippen LogP contribution in [-0.2, 0) is 9.53 Å². The number of ketones is 1. The molecule has 0 aromatic carbocycles. The van der Waals surface area contributed by atoms with Gasteiger partial charge in [0.15, 0.2) is 5.78 Å². The number of Topliss-reactive ketones (excluding diaryl/α,β-unsaturated/α-hetero) is 1. The molecule has 0 aliphatic heterocycles. The minimum absolute atomic E-state index is 0.0627. The van der Waals surface area contributed by atoms with Crippen LogP contribution in [0.1, 0.15) is 6.92 Å². The van der Waals surface area contributed by atoms with Crippen molar-refractivity contribution in [3.63, 3.8) is 0 Å². The molecular formula is C8H14O4. The Morgan fingerprint density at radius 1 is 1.75 bits per heavy atom. The number of aliphatic hydroxyl groups is 2. The highest BCUT2D eigenvalue weighted by Gasteiger charge is 2.11. The quantitative estimate of drug-likeness (QED) is 0.533. The van der Waals surface area contributed by atoms with Gasteiger partial charge in [0.05, 0.1) is 13.2 Å². The highest BCUT2D eigenvalue weighted by molar-refractivity contribution is 5.82. The van der Waals surface area contributed by atoms with Gasteiger partial charge in [-0.3, -0.25) is 4.79 Å². The van der Waals surface area contributed by atoms with Crippen LogP contribution >= 0.6 is 0 Å². The third kappa shape index (κ3) is 4.23. The molecule has 0 aromatic rings. The minimum atomic E-state index is -0.938. The standard InChI is InChI=1S/C8H14O4/c1-3-8(6(2)10)12-5-7(11)4-9/h3,7-9,11H,1,4-5H2,2H3. The molecule has 4 heteroatoms. The van der Waals surface area contributed by atoms with Gasteiger partial charge >= 0.3 is 0 Å². The van der Waals surface area contributed by atoms with Crippen LogP contribution < -0.4 is 0 Å². The SMILES string of the molecule is C=CC(OCC(O)CO)C(C)=O. The molecule has 0 aliphatic rings. The first-order valence-corrected chi connectivity index (χ1v) is 3.65. The second kappa shape index (κ2) is 5.88. The van der Waals surface area contributed by atoms with E-state index >= 15 is 0 Å². The topological polar surface area (TPSA) is 66.8 Å². The maximum absolute atomic E-state index is 10.7. The first-order valence-electron chi connectivity index (χ1n) is 3.65. The predicted molar refractivity (Wildman–Crippen MR) is 43.7 cm³/mol. The van der Waals surface area contributed by atoms with Crippen LogP contribution in [0.5, 0.6) is 0 Å². The van der Waals surface area contributed by atoms with Gasteiger partial charge in [0.25, 0.3) is 0 Å². The first kappa shape index (κ1) is 11.3. The van der Waals surface area contributed by atoms with Crippen molar-refractivity contribution in [1.82, 2.24) is 0 Å². The summed E-state index contributed by atoms with van der Waals surface area (Å²) in [7, 11) is 0. The van der Waals surface area contributed by atoms with E-state index in [1.165, 1.54) is 13.0 Å². The summed E-state index contributed by atoms with van der Waals surface area (Å²) in [4.78, 5) is 10.7. The number of carbonyl (C=O) groups is 1. The third-order valence-corrected chi connectivity index (χ3v) is 1.29. The second-order valence-corrected chi connectivity index (χ2v) is 2.44. The van der Waals surface area contributed by atoms with Gasteiger partial charge in [-0.25, -0.2) is 0 Å². The highest BCUT2D eigenvalue weighted by Crippen LogP contribution is 1.96. The normalized spacial score (nSPS) is 15.2. The Balaban J connectivity index is 3.72. The predicted octanol–water partition coefficient (Wildman–Crippen LogP) is -0.500. The smallest absolute Gasteiger partial charge is 0.162 e. The fourth-order valence-corrected chi connectivity index (χ4v) is 0.619. The summed E-state index contributed by atoms with van der Waals surface area (Å²) in [5.74, 6) is -0.171. The molecule has 0 heterocycles. The molecule has 0 saturated heterocycles. The van der Waals surface area contributed by atoms with Gasteiger partial charge < -0.3 is 14.9 Å². The van der Waals surface area contributed by atoms with Gasteiger partial charge in [0.1, 0.15) is 12.2 Å². The van der Waals surface area contributed by atoms with Gasteiger partial charge in [-0.2, -0.15) is 0 Å². The summed E-state index contributed by atoms with van der Waals surface area (Å²) in [6, 6.07) is 0. The van der Waals surface area contributed by atoms with Gasteiger partial charge in [-0.15, -0.1) is 6.58 Å². The summed E-state index contributed by atoms with van der Waals surface area (Å²) in [5.41, 5.74) is 0. The van der Waals surface area contributed by atoms with Gasteiger partial charge in [0, 0.05) is 0 Å². The van der Waals surface area contributed by atoms with Crippen LogP contribution in [0.4, 0.5) is 0 Å². The van der Waals surface area contributed by atoms with Crippen LogP contribution in [0.25, 0.3) is 0 Å². The Morgan fingerprint density at radius 3 is 2.67 bits per heavy atom. The third-order valence-electron chi connectivity index (χ3n) is 1.29. The molecule has 70 valence electrons. The van der Waals surface area contributed by atoms with Crippen molar-refractivity contribution in [3.8, 4) is 0 Å². The van der Waals surface area contributed by atoms with E-state index in [4.69, 9.17) is 14.9 Å². The monoisotopic (exact) mass is 174 g/mol. The van der Waals surface area contributed by atoms with E-state index in [9.17, 15) is 4.79 Å². The Hall–Kier alpha value is -0.710. The number of ether oxygens (including phenoxy) is 1. The fraction of sp³-hybridized carbons (Fsp3) is 0.625. The molecule has 0 aromatic heterocycles. The van der Waals surface area contributed by atoms with Crippen molar-refractivity contribution in [2.75, 3.05) is 13.2 Å². The van der Waals surface area contributed by atoms with Gasteiger partial charge in [-0.05, 0) is 6.92 Å². The molecule has 2 N–H and O–H groups in total. The van der Waals surface area contributed by atoms with E-state index in [0.717, 1.165) is 0 Å². The van der Waals surface area contributed by atoms with E-state index in [1.54, 1.807) is 0 Å². The number of carbonyl (C=O) groups excluding carboxylic acids is 1. The Kier molecular flexibility index (Phi) is 5.53. The zero-order valence-corrected chi connectivity index (χ0v) is 7.06. The Bertz CT molecular complexity index is 155. The number of hydrogen-bond acceptors (Lipinski definition) is 4. The molecule has 0 spiro atoms. The fourth-order valence-electron chi connectivity index (χ4n) is 0.619. The van der Waals surface area contributed by atoms with Crippen molar-refractivity contribution in [1.29, 1.82) is 0 Å². The Morgan fingerprint density at radius 2 is 2.33 bits per heavy atom. The van der Waals surface area contributed by atoms with Crippen molar-refractivity contribution in [2.45, 2.75) is 19.1 Å². The van der Waals surface area contributed by atoms with E-state index in [-0.39, 0.29) is 19.0 Å². The number of hydrogen-bond donors (Lipinski definition) is 2. The van der Waals surface area contributed by atoms with Crippen molar-refractivity contribution < 1.29 is 19.7 Å². The summed E-state index contributed by atoms with van der Waals surface area (Å²) >= 11 is 0. The summed E-state index contributed by atoms with van der Waals surface area (Å²) in [5, 5.41) is 17.3. The molecule has 0 aliphatic carbocycles. The van der Waals surface area contributed by atoms with Crippen LogP contribution in [0, 0.1) is 0 Å². The number of rotatable bonds is 6. The molecule has 2 atom stereocenters. The second-order valence-electron chi connectivity index (χ2n) is 2.44. The average molecular weight is 174 g/mol. The average Bonchev–Trinajstić information content (AvgIpc) is 2.04. The van der Waals surface area contributed by atoms with Gasteiger partial charge in [-0.1, -0.05) is 6.08 Å². The van der Waals surface area contributed by atoms with Crippen molar-refractivity contribution >= 4 is 5.78 Å². The molecule has 0 fully saturated rings. The van der Waals surface area contributed by atoms with E-state index in [2.05, 4.69) is 6.58 Å². The molecule has 0 radical (unpaired) electrons. The lowest BCUT2D eigenvalue weighted by atomic mass is 10.2.